The van der Waals surface area contributed by atoms with E-state index < -0.39 is 6.03 Å². The third-order valence-corrected chi connectivity index (χ3v) is 4.57. The van der Waals surface area contributed by atoms with Gasteiger partial charge in [-0.2, -0.15) is 5.26 Å². The van der Waals surface area contributed by atoms with Gasteiger partial charge < -0.3 is 19.7 Å². The molecule has 1 heterocycles. The molecule has 0 saturated heterocycles. The summed E-state index contributed by atoms with van der Waals surface area (Å²) in [4.78, 5) is 29.0. The summed E-state index contributed by atoms with van der Waals surface area (Å²) in [7, 11) is 1.95. The summed E-state index contributed by atoms with van der Waals surface area (Å²) in [6.45, 7) is 9.10. The highest BCUT2D eigenvalue weighted by Gasteiger charge is 2.22. The minimum atomic E-state index is -0.392. The van der Waals surface area contributed by atoms with Crippen molar-refractivity contribution < 1.29 is 9.59 Å². The number of carbonyl (C=O) groups excluding carboxylic acids is 2. The van der Waals surface area contributed by atoms with Crippen LogP contribution in [0.2, 0.25) is 0 Å². The predicted octanol–water partition coefficient (Wildman–Crippen LogP) is 3.60. The van der Waals surface area contributed by atoms with E-state index in [1.54, 1.807) is 35.2 Å². The van der Waals surface area contributed by atoms with Gasteiger partial charge in [-0.25, -0.2) is 4.79 Å². The summed E-state index contributed by atoms with van der Waals surface area (Å²) in [6.07, 6.45) is 3.54. The Balaban J connectivity index is 2.09. The maximum Gasteiger partial charge on any atom is 0.322 e. The number of nitrogens with one attached hydrogen (secondary N) is 1. The lowest BCUT2D eigenvalue weighted by molar-refractivity contribution is -0.132. The van der Waals surface area contributed by atoms with E-state index in [2.05, 4.69) is 25.7 Å². The predicted molar refractivity (Wildman–Crippen MR) is 118 cm³/mol. The van der Waals surface area contributed by atoms with Gasteiger partial charge in [0.25, 0.3) is 0 Å². The summed E-state index contributed by atoms with van der Waals surface area (Å²) >= 11 is 0. The lowest BCUT2D eigenvalue weighted by Crippen LogP contribution is -2.45. The van der Waals surface area contributed by atoms with Crippen LogP contribution >= 0.6 is 0 Å². The normalized spacial score (nSPS) is 10.4. The van der Waals surface area contributed by atoms with Crippen molar-refractivity contribution in [3.63, 3.8) is 0 Å². The molecule has 0 spiro atoms. The molecule has 2 aromatic rings. The molecule has 0 bridgehead atoms. The number of nitrogens with zero attached hydrogens (tertiary/aromatic N) is 4. The second-order valence-electron chi connectivity index (χ2n) is 7.57. The van der Waals surface area contributed by atoms with E-state index in [4.69, 9.17) is 5.26 Å². The highest BCUT2D eigenvalue weighted by molar-refractivity contribution is 5.92. The van der Waals surface area contributed by atoms with Gasteiger partial charge in [0.2, 0.25) is 5.91 Å². The van der Waals surface area contributed by atoms with E-state index >= 15 is 0 Å². The second kappa shape index (κ2) is 10.9. The molecular formula is C23H29N5O2. The molecule has 1 aromatic carbocycles. The van der Waals surface area contributed by atoms with Gasteiger partial charge in [-0.15, -0.1) is 6.58 Å². The molecule has 0 atom stereocenters. The van der Waals surface area contributed by atoms with Crippen LogP contribution in [0.3, 0.4) is 0 Å². The van der Waals surface area contributed by atoms with Crippen molar-refractivity contribution in [1.29, 1.82) is 5.26 Å². The number of hydrogen-bond donors (Lipinski definition) is 1. The number of carbonyl (C=O) groups is 2. The van der Waals surface area contributed by atoms with Gasteiger partial charge in [0.05, 0.1) is 18.2 Å². The van der Waals surface area contributed by atoms with Crippen LogP contribution in [0.5, 0.6) is 0 Å². The first kappa shape index (κ1) is 22.8. The highest BCUT2D eigenvalue weighted by atomic mass is 16.2. The summed E-state index contributed by atoms with van der Waals surface area (Å²) in [5, 5.41) is 11.7. The quantitative estimate of drug-likeness (QED) is 0.645. The van der Waals surface area contributed by atoms with Crippen molar-refractivity contribution in [3.8, 4) is 6.07 Å². The van der Waals surface area contributed by atoms with Gasteiger partial charge in [-0.3, -0.25) is 4.79 Å². The Morgan fingerprint density at radius 2 is 1.93 bits per heavy atom. The van der Waals surface area contributed by atoms with Crippen LogP contribution in [0, 0.1) is 17.2 Å². The Morgan fingerprint density at radius 3 is 2.47 bits per heavy atom. The summed E-state index contributed by atoms with van der Waals surface area (Å²) < 4.78 is 1.99. The van der Waals surface area contributed by atoms with E-state index in [1.165, 1.54) is 4.90 Å². The van der Waals surface area contributed by atoms with Crippen molar-refractivity contribution in [3.05, 3.63) is 66.5 Å². The van der Waals surface area contributed by atoms with E-state index in [1.807, 2.05) is 36.0 Å². The smallest absolute Gasteiger partial charge is 0.322 e. The van der Waals surface area contributed by atoms with Crippen LogP contribution in [0.25, 0.3) is 0 Å². The number of aromatic nitrogens is 1. The molecule has 0 radical (unpaired) electrons. The van der Waals surface area contributed by atoms with Crippen LogP contribution in [0.15, 0.2) is 55.3 Å². The van der Waals surface area contributed by atoms with Gasteiger partial charge in [0, 0.05) is 37.7 Å². The van der Waals surface area contributed by atoms with Crippen LogP contribution in [0.4, 0.5) is 10.5 Å². The fraction of sp³-hybridized carbons (Fsp3) is 0.348. The number of urea groups is 1. The first-order valence-electron chi connectivity index (χ1n) is 9.89. The average molecular weight is 408 g/mol. The number of aryl methyl sites for hydroxylation is 1. The number of rotatable bonds is 9. The molecule has 1 N–H and O–H groups in total. The third kappa shape index (κ3) is 6.52. The number of nitriles is 1. The van der Waals surface area contributed by atoms with Crippen LogP contribution in [0.1, 0.15) is 25.1 Å². The van der Waals surface area contributed by atoms with Crippen molar-refractivity contribution in [1.82, 2.24) is 14.4 Å². The molecule has 158 valence electrons. The number of hydrogen-bond acceptors (Lipinski definition) is 3. The molecule has 3 amide bonds. The van der Waals surface area contributed by atoms with Crippen molar-refractivity contribution in [2.45, 2.75) is 20.4 Å². The topological polar surface area (TPSA) is 81.4 Å². The number of benzene rings is 1. The van der Waals surface area contributed by atoms with E-state index in [0.717, 1.165) is 5.69 Å². The zero-order chi connectivity index (χ0) is 22.1. The molecule has 0 unspecified atom stereocenters. The molecule has 1 aromatic heterocycles. The van der Waals surface area contributed by atoms with Gasteiger partial charge in [0.15, 0.2) is 0 Å². The number of amides is 3. The van der Waals surface area contributed by atoms with Gasteiger partial charge in [-0.05, 0) is 42.3 Å². The Labute approximate surface area is 178 Å². The summed E-state index contributed by atoms with van der Waals surface area (Å²) in [5.41, 5.74) is 2.10. The molecule has 0 fully saturated rings. The highest BCUT2D eigenvalue weighted by Crippen LogP contribution is 2.12. The van der Waals surface area contributed by atoms with Crippen molar-refractivity contribution >= 4 is 17.6 Å². The molecule has 0 saturated carbocycles. The van der Waals surface area contributed by atoms with Crippen LogP contribution in [-0.2, 0) is 18.4 Å². The average Bonchev–Trinajstić information content (AvgIpc) is 3.11. The van der Waals surface area contributed by atoms with Gasteiger partial charge in [0.1, 0.15) is 6.54 Å². The monoisotopic (exact) mass is 407 g/mol. The van der Waals surface area contributed by atoms with Crippen molar-refractivity contribution in [2.24, 2.45) is 13.0 Å². The zero-order valence-electron chi connectivity index (χ0n) is 17.8. The fourth-order valence-electron chi connectivity index (χ4n) is 3.02. The first-order valence-corrected chi connectivity index (χ1v) is 9.89. The lowest BCUT2D eigenvalue weighted by atomic mass is 10.2. The Bertz CT molecular complexity index is 908. The number of anilines is 1. The SMILES string of the molecule is C=CCN(CC(=O)N(Cc1cccn1C)CC(C)C)C(=O)Nc1ccc(C#N)cc1. The minimum absolute atomic E-state index is 0.0503. The van der Waals surface area contributed by atoms with Gasteiger partial charge in [-0.1, -0.05) is 19.9 Å². The van der Waals surface area contributed by atoms with E-state index in [0.29, 0.717) is 30.3 Å². The molecular weight excluding hydrogens is 378 g/mol. The van der Waals surface area contributed by atoms with Crippen molar-refractivity contribution in [2.75, 3.05) is 25.0 Å². The van der Waals surface area contributed by atoms with E-state index in [9.17, 15) is 9.59 Å². The maximum atomic E-state index is 13.1. The van der Waals surface area contributed by atoms with Gasteiger partial charge >= 0.3 is 6.03 Å². The lowest BCUT2D eigenvalue weighted by Gasteiger charge is -2.28. The molecule has 0 aliphatic carbocycles. The molecule has 0 aliphatic rings. The fourth-order valence-corrected chi connectivity index (χ4v) is 3.02. The Morgan fingerprint density at radius 1 is 1.23 bits per heavy atom. The third-order valence-electron chi connectivity index (χ3n) is 4.57. The second-order valence-corrected chi connectivity index (χ2v) is 7.57. The molecule has 7 heteroatoms. The molecule has 30 heavy (non-hydrogen) atoms. The zero-order valence-corrected chi connectivity index (χ0v) is 17.8. The Kier molecular flexibility index (Phi) is 8.24. The Hall–Kier alpha value is -3.53. The molecule has 7 nitrogen and oxygen atoms in total. The van der Waals surface area contributed by atoms with Crippen LogP contribution < -0.4 is 5.32 Å². The molecule has 2 rings (SSSR count). The largest absolute Gasteiger partial charge is 0.353 e. The first-order chi connectivity index (χ1) is 14.3. The maximum absolute atomic E-state index is 13.1. The standard InChI is InChI=1S/C23H29N5O2/c1-5-12-27(23(30)25-20-10-8-19(14-24)9-11-20)17-22(29)28(15-18(2)3)16-21-7-6-13-26(21)4/h5-11,13,18H,1,12,15-17H2,2-4H3,(H,25,30). The molecule has 0 aliphatic heterocycles. The summed E-state index contributed by atoms with van der Waals surface area (Å²) in [6, 6.07) is 12.1. The summed E-state index contributed by atoms with van der Waals surface area (Å²) in [5.74, 6) is 0.177. The van der Waals surface area contributed by atoms with E-state index in [-0.39, 0.29) is 19.0 Å². The van der Waals surface area contributed by atoms with Crippen LogP contribution in [-0.4, -0.2) is 45.9 Å². The minimum Gasteiger partial charge on any atom is -0.353 e.